The topological polar surface area (TPSA) is 24.9 Å². The molecule has 1 aromatic carbocycles. The molecule has 0 radical (unpaired) electrons. The maximum Gasteiger partial charge on any atom is 0.114 e. The normalized spacial score (nSPS) is 16.5. The summed E-state index contributed by atoms with van der Waals surface area (Å²) in [6.45, 7) is 3.24. The fourth-order valence-electron chi connectivity index (χ4n) is 2.54. The van der Waals surface area contributed by atoms with Crippen LogP contribution >= 0.6 is 11.3 Å². The average molecular weight is 272 g/mol. The maximum absolute atomic E-state index is 4.52. The summed E-state index contributed by atoms with van der Waals surface area (Å²) in [5.74, 6) is 0.780. The molecule has 1 aliphatic carbocycles. The van der Waals surface area contributed by atoms with E-state index < -0.39 is 0 Å². The third kappa shape index (κ3) is 2.88. The average Bonchev–Trinajstić information content (AvgIpc) is 3.16. The molecule has 100 valence electrons. The van der Waals surface area contributed by atoms with Crippen LogP contribution in [0.4, 0.5) is 0 Å². The van der Waals surface area contributed by atoms with Gasteiger partial charge in [0, 0.05) is 11.6 Å². The number of benzene rings is 1. The highest BCUT2D eigenvalue weighted by Gasteiger charge is 2.29. The van der Waals surface area contributed by atoms with Gasteiger partial charge in [-0.05, 0) is 42.9 Å². The first-order valence-electron chi connectivity index (χ1n) is 7.11. The molecule has 0 saturated heterocycles. The maximum atomic E-state index is 4.52. The third-order valence-corrected chi connectivity index (χ3v) is 4.46. The summed E-state index contributed by atoms with van der Waals surface area (Å²) >= 11 is 1.74. The van der Waals surface area contributed by atoms with E-state index in [1.54, 1.807) is 11.3 Å². The molecule has 2 nitrogen and oxygen atoms in total. The van der Waals surface area contributed by atoms with E-state index in [2.05, 4.69) is 46.9 Å². The Morgan fingerprint density at radius 2 is 2.21 bits per heavy atom. The molecule has 1 fully saturated rings. The fourth-order valence-corrected chi connectivity index (χ4v) is 3.27. The Morgan fingerprint density at radius 1 is 1.37 bits per heavy atom. The molecule has 1 aliphatic rings. The van der Waals surface area contributed by atoms with Gasteiger partial charge in [-0.15, -0.1) is 11.3 Å². The first-order chi connectivity index (χ1) is 9.40. The fraction of sp³-hybridized carbons (Fsp3) is 0.438. The van der Waals surface area contributed by atoms with Gasteiger partial charge in [0.05, 0.1) is 6.04 Å². The molecule has 0 aliphatic heterocycles. The zero-order chi connectivity index (χ0) is 13.1. The van der Waals surface area contributed by atoms with Crippen LogP contribution in [0, 0.1) is 0 Å². The summed E-state index contributed by atoms with van der Waals surface area (Å²) in [6, 6.07) is 9.13. The first kappa shape index (κ1) is 12.8. The number of rotatable bonds is 6. The Labute approximate surface area is 118 Å². The molecule has 1 atom stereocenters. The minimum absolute atomic E-state index is 0.261. The van der Waals surface area contributed by atoms with E-state index in [0.29, 0.717) is 0 Å². The molecule has 1 heterocycles. The lowest BCUT2D eigenvalue weighted by molar-refractivity contribution is 0.591. The molecular formula is C16H20N2S. The van der Waals surface area contributed by atoms with Gasteiger partial charge in [-0.1, -0.05) is 31.2 Å². The smallest absolute Gasteiger partial charge is 0.114 e. The first-order valence-corrected chi connectivity index (χ1v) is 7.99. The second kappa shape index (κ2) is 5.85. The molecule has 19 heavy (non-hydrogen) atoms. The highest BCUT2D eigenvalue weighted by Crippen LogP contribution is 2.43. The van der Waals surface area contributed by atoms with E-state index in [4.69, 9.17) is 0 Å². The van der Waals surface area contributed by atoms with Crippen molar-refractivity contribution in [1.29, 1.82) is 0 Å². The number of hydrogen-bond acceptors (Lipinski definition) is 3. The van der Waals surface area contributed by atoms with Crippen LogP contribution in [0.2, 0.25) is 0 Å². The molecule has 1 N–H and O–H groups in total. The second-order valence-corrected chi connectivity index (χ2v) is 6.09. The predicted molar refractivity (Wildman–Crippen MR) is 80.7 cm³/mol. The van der Waals surface area contributed by atoms with Crippen LogP contribution in [0.1, 0.15) is 54.3 Å². The van der Waals surface area contributed by atoms with Crippen LogP contribution in [0.25, 0.3) is 0 Å². The quantitative estimate of drug-likeness (QED) is 0.856. The van der Waals surface area contributed by atoms with Crippen molar-refractivity contribution in [2.75, 3.05) is 6.54 Å². The molecule has 0 bridgehead atoms. The Bertz CT molecular complexity index is 517. The Morgan fingerprint density at radius 3 is 2.89 bits per heavy atom. The molecule has 1 unspecified atom stereocenters. The SMILES string of the molecule is CCCNC(c1nccs1)c1ccccc1C1CC1. The number of hydrogen-bond donors (Lipinski definition) is 1. The van der Waals surface area contributed by atoms with Gasteiger partial charge >= 0.3 is 0 Å². The van der Waals surface area contributed by atoms with Gasteiger partial charge in [-0.3, -0.25) is 0 Å². The van der Waals surface area contributed by atoms with Crippen molar-refractivity contribution in [3.63, 3.8) is 0 Å². The summed E-state index contributed by atoms with van der Waals surface area (Å²) < 4.78 is 0. The second-order valence-electron chi connectivity index (χ2n) is 5.16. The zero-order valence-electron chi connectivity index (χ0n) is 11.3. The highest BCUT2D eigenvalue weighted by molar-refractivity contribution is 7.09. The predicted octanol–water partition coefficient (Wildman–Crippen LogP) is 4.11. The summed E-state index contributed by atoms with van der Waals surface area (Å²) in [4.78, 5) is 4.52. The van der Waals surface area contributed by atoms with Gasteiger partial charge in [0.2, 0.25) is 0 Å². The monoisotopic (exact) mass is 272 g/mol. The largest absolute Gasteiger partial charge is 0.304 e. The van der Waals surface area contributed by atoms with E-state index in [-0.39, 0.29) is 6.04 Å². The van der Waals surface area contributed by atoms with Gasteiger partial charge in [-0.25, -0.2) is 4.98 Å². The van der Waals surface area contributed by atoms with E-state index in [1.807, 2.05) is 6.20 Å². The molecular weight excluding hydrogens is 252 g/mol. The number of nitrogens with one attached hydrogen (secondary N) is 1. The zero-order valence-corrected chi connectivity index (χ0v) is 12.1. The minimum Gasteiger partial charge on any atom is -0.304 e. The number of aromatic nitrogens is 1. The third-order valence-electron chi connectivity index (χ3n) is 3.62. The van der Waals surface area contributed by atoms with Crippen molar-refractivity contribution in [1.82, 2.24) is 10.3 Å². The summed E-state index contributed by atoms with van der Waals surface area (Å²) in [5.41, 5.74) is 2.94. The van der Waals surface area contributed by atoms with Crippen LogP contribution < -0.4 is 5.32 Å². The van der Waals surface area contributed by atoms with Crippen molar-refractivity contribution in [3.8, 4) is 0 Å². The van der Waals surface area contributed by atoms with E-state index in [1.165, 1.54) is 29.0 Å². The Balaban J connectivity index is 1.94. The lowest BCUT2D eigenvalue weighted by Gasteiger charge is -2.20. The summed E-state index contributed by atoms with van der Waals surface area (Å²) in [6.07, 6.45) is 5.73. The molecule has 2 aromatic rings. The number of thiazole rings is 1. The Hall–Kier alpha value is -1.19. The number of nitrogens with zero attached hydrogens (tertiary/aromatic N) is 1. The minimum atomic E-state index is 0.261. The van der Waals surface area contributed by atoms with Gasteiger partial charge in [0.15, 0.2) is 0 Å². The van der Waals surface area contributed by atoms with E-state index in [9.17, 15) is 0 Å². The molecule has 1 saturated carbocycles. The van der Waals surface area contributed by atoms with E-state index >= 15 is 0 Å². The van der Waals surface area contributed by atoms with Crippen molar-refractivity contribution in [3.05, 3.63) is 52.0 Å². The van der Waals surface area contributed by atoms with Gasteiger partial charge in [0.1, 0.15) is 5.01 Å². The molecule has 0 spiro atoms. The van der Waals surface area contributed by atoms with Crippen molar-refractivity contribution in [2.45, 2.75) is 38.1 Å². The van der Waals surface area contributed by atoms with Crippen molar-refractivity contribution in [2.24, 2.45) is 0 Å². The standard InChI is InChI=1S/C16H20N2S/c1-2-9-17-15(16-18-10-11-19-16)14-6-4-3-5-13(14)12-7-8-12/h3-6,10-12,15,17H,2,7-9H2,1H3. The molecule has 3 rings (SSSR count). The lowest BCUT2D eigenvalue weighted by Crippen LogP contribution is -2.24. The van der Waals surface area contributed by atoms with Gasteiger partial charge < -0.3 is 5.32 Å². The lowest BCUT2D eigenvalue weighted by atomic mass is 9.97. The summed E-state index contributed by atoms with van der Waals surface area (Å²) in [7, 11) is 0. The van der Waals surface area contributed by atoms with Crippen molar-refractivity contribution >= 4 is 11.3 Å². The van der Waals surface area contributed by atoms with Crippen LogP contribution in [0.15, 0.2) is 35.8 Å². The summed E-state index contributed by atoms with van der Waals surface area (Å²) in [5, 5.41) is 6.91. The highest BCUT2D eigenvalue weighted by atomic mass is 32.1. The van der Waals surface area contributed by atoms with Crippen molar-refractivity contribution < 1.29 is 0 Å². The Kier molecular flexibility index (Phi) is 3.95. The van der Waals surface area contributed by atoms with Crippen LogP contribution in [-0.2, 0) is 0 Å². The van der Waals surface area contributed by atoms with Gasteiger partial charge in [-0.2, -0.15) is 0 Å². The van der Waals surface area contributed by atoms with Gasteiger partial charge in [0.25, 0.3) is 0 Å². The van der Waals surface area contributed by atoms with Crippen LogP contribution in [0.3, 0.4) is 0 Å². The van der Waals surface area contributed by atoms with Crippen LogP contribution in [-0.4, -0.2) is 11.5 Å². The molecule has 3 heteroatoms. The molecule has 0 amide bonds. The molecule has 1 aromatic heterocycles. The van der Waals surface area contributed by atoms with E-state index in [0.717, 1.165) is 18.9 Å². The van der Waals surface area contributed by atoms with Crippen LogP contribution in [0.5, 0.6) is 0 Å².